The monoisotopic (exact) mass is 385 g/mol. The third-order valence-electron chi connectivity index (χ3n) is 3.72. The number of amides is 1. The smallest absolute Gasteiger partial charge is 0.276 e. The Morgan fingerprint density at radius 1 is 1.26 bits per heavy atom. The first-order valence-electron chi connectivity index (χ1n) is 7.80. The van der Waals surface area contributed by atoms with Gasteiger partial charge in [0.25, 0.3) is 11.6 Å². The molecule has 27 heavy (non-hydrogen) atoms. The number of amidine groups is 1. The molecule has 8 nitrogen and oxygen atoms in total. The van der Waals surface area contributed by atoms with Gasteiger partial charge in [-0.1, -0.05) is 18.2 Å². The summed E-state index contributed by atoms with van der Waals surface area (Å²) in [6.07, 6.45) is 1.64. The fourth-order valence-electron chi connectivity index (χ4n) is 2.46. The summed E-state index contributed by atoms with van der Waals surface area (Å²) in [5, 5.41) is 21.1. The van der Waals surface area contributed by atoms with Gasteiger partial charge in [0, 0.05) is 6.07 Å². The molecule has 1 aliphatic rings. The molecule has 1 heterocycles. The van der Waals surface area contributed by atoms with Gasteiger partial charge in [-0.2, -0.15) is 0 Å². The molecule has 1 fully saturated rings. The number of carbonyl (C=O) groups is 1. The first kappa shape index (κ1) is 18.5. The maximum Gasteiger partial charge on any atom is 0.276 e. The van der Waals surface area contributed by atoms with Gasteiger partial charge < -0.3 is 14.8 Å². The molecule has 2 N–H and O–H groups in total. The van der Waals surface area contributed by atoms with Crippen molar-refractivity contribution in [1.29, 1.82) is 5.41 Å². The van der Waals surface area contributed by atoms with E-state index in [-0.39, 0.29) is 23.4 Å². The van der Waals surface area contributed by atoms with Gasteiger partial charge in [-0.15, -0.1) is 0 Å². The molecule has 0 radical (unpaired) electrons. The minimum atomic E-state index is -0.457. The first-order chi connectivity index (χ1) is 13.0. The fraction of sp³-hybridized carbons (Fsp3) is 0.111. The molecule has 2 aromatic carbocycles. The molecule has 0 unspecified atom stereocenters. The van der Waals surface area contributed by atoms with Crippen molar-refractivity contribution in [1.82, 2.24) is 5.32 Å². The molecule has 0 aliphatic carbocycles. The van der Waals surface area contributed by atoms with Gasteiger partial charge in [0.15, 0.2) is 16.7 Å². The highest BCUT2D eigenvalue weighted by Crippen LogP contribution is 2.32. The van der Waals surface area contributed by atoms with E-state index >= 15 is 0 Å². The molecule has 1 aliphatic heterocycles. The zero-order valence-electron chi connectivity index (χ0n) is 14.2. The topological polar surface area (TPSA) is 115 Å². The van der Waals surface area contributed by atoms with Crippen LogP contribution in [-0.4, -0.2) is 23.1 Å². The van der Waals surface area contributed by atoms with Crippen LogP contribution in [-0.2, 0) is 11.4 Å². The van der Waals surface area contributed by atoms with E-state index < -0.39 is 4.92 Å². The van der Waals surface area contributed by atoms with Crippen molar-refractivity contribution in [2.45, 2.75) is 6.61 Å². The first-order valence-corrected chi connectivity index (χ1v) is 8.62. The predicted octanol–water partition coefficient (Wildman–Crippen LogP) is 3.32. The third kappa shape index (κ3) is 4.26. The lowest BCUT2D eigenvalue weighted by molar-refractivity contribution is -0.385. The lowest BCUT2D eigenvalue weighted by Crippen LogP contribution is -2.18. The minimum absolute atomic E-state index is 0.00653. The van der Waals surface area contributed by atoms with Crippen LogP contribution in [0.3, 0.4) is 0 Å². The molecule has 138 valence electrons. The van der Waals surface area contributed by atoms with Crippen LogP contribution in [0.25, 0.3) is 6.08 Å². The maximum absolute atomic E-state index is 11.7. The predicted molar refractivity (Wildman–Crippen MR) is 102 cm³/mol. The number of para-hydroxylation sites is 1. The van der Waals surface area contributed by atoms with Crippen LogP contribution < -0.4 is 14.8 Å². The van der Waals surface area contributed by atoms with Crippen LogP contribution in [0.5, 0.6) is 11.5 Å². The van der Waals surface area contributed by atoms with Crippen molar-refractivity contribution >= 4 is 34.6 Å². The zero-order chi connectivity index (χ0) is 19.4. The second-order valence-electron chi connectivity index (χ2n) is 5.48. The van der Waals surface area contributed by atoms with E-state index in [2.05, 4.69) is 5.32 Å². The quantitative estimate of drug-likeness (QED) is 0.448. The molecular weight excluding hydrogens is 370 g/mol. The Kier molecular flexibility index (Phi) is 5.41. The fourth-order valence-corrected chi connectivity index (χ4v) is 3.16. The number of rotatable bonds is 6. The van der Waals surface area contributed by atoms with Crippen molar-refractivity contribution in [3.05, 3.63) is 68.6 Å². The average molecular weight is 385 g/mol. The van der Waals surface area contributed by atoms with Crippen LogP contribution in [0, 0.1) is 15.5 Å². The molecule has 3 rings (SSSR count). The van der Waals surface area contributed by atoms with E-state index in [1.165, 1.54) is 13.2 Å². The third-order valence-corrected chi connectivity index (χ3v) is 4.55. The van der Waals surface area contributed by atoms with Crippen LogP contribution in [0.4, 0.5) is 5.69 Å². The number of nitro benzene ring substituents is 1. The number of nitrogens with one attached hydrogen (secondary N) is 2. The van der Waals surface area contributed by atoms with Crippen molar-refractivity contribution in [3.8, 4) is 11.5 Å². The largest absolute Gasteiger partial charge is 0.493 e. The van der Waals surface area contributed by atoms with Gasteiger partial charge in [0.2, 0.25) is 0 Å². The van der Waals surface area contributed by atoms with E-state index in [0.717, 1.165) is 11.8 Å². The second-order valence-corrected chi connectivity index (χ2v) is 6.53. The molecule has 0 aromatic heterocycles. The Balaban J connectivity index is 1.85. The highest BCUT2D eigenvalue weighted by molar-refractivity contribution is 8.18. The number of hydrogen-bond acceptors (Lipinski definition) is 7. The molecule has 1 saturated heterocycles. The van der Waals surface area contributed by atoms with Gasteiger partial charge in [0.1, 0.15) is 6.61 Å². The molecule has 0 bridgehead atoms. The van der Waals surface area contributed by atoms with Crippen molar-refractivity contribution in [2.75, 3.05) is 7.11 Å². The van der Waals surface area contributed by atoms with Gasteiger partial charge in [-0.25, -0.2) is 0 Å². The van der Waals surface area contributed by atoms with Crippen molar-refractivity contribution in [2.24, 2.45) is 0 Å². The summed E-state index contributed by atoms with van der Waals surface area (Å²) in [7, 11) is 1.49. The lowest BCUT2D eigenvalue weighted by Gasteiger charge is -2.12. The van der Waals surface area contributed by atoms with Crippen molar-refractivity contribution < 1.29 is 19.2 Å². The number of benzene rings is 2. The normalized spacial score (nSPS) is 14.9. The standard InChI is InChI=1S/C18H15N3O5S/c1-25-14-7-6-11(9-16-17(22)20-18(19)27-16)8-15(14)26-10-12-4-2-3-5-13(12)21(23)24/h2-9H,10H2,1H3,(H2,19,20,22)/b16-9+. The highest BCUT2D eigenvalue weighted by Gasteiger charge is 2.22. The van der Waals surface area contributed by atoms with E-state index in [1.807, 2.05) is 0 Å². The summed E-state index contributed by atoms with van der Waals surface area (Å²) in [4.78, 5) is 22.8. The highest BCUT2D eigenvalue weighted by atomic mass is 32.2. The molecule has 0 atom stereocenters. The minimum Gasteiger partial charge on any atom is -0.493 e. The van der Waals surface area contributed by atoms with Gasteiger partial charge in [-0.3, -0.25) is 20.3 Å². The van der Waals surface area contributed by atoms with Crippen LogP contribution >= 0.6 is 11.8 Å². The number of nitro groups is 1. The average Bonchev–Trinajstić information content (AvgIpc) is 2.97. The molecule has 0 spiro atoms. The maximum atomic E-state index is 11.7. The summed E-state index contributed by atoms with van der Waals surface area (Å²) in [6.45, 7) is -0.00653. The van der Waals surface area contributed by atoms with Crippen LogP contribution in [0.2, 0.25) is 0 Å². The van der Waals surface area contributed by atoms with E-state index in [9.17, 15) is 14.9 Å². The number of methoxy groups -OCH3 is 1. The van der Waals surface area contributed by atoms with Crippen LogP contribution in [0.15, 0.2) is 47.4 Å². The van der Waals surface area contributed by atoms with Crippen LogP contribution in [0.1, 0.15) is 11.1 Å². The number of nitrogens with zero attached hydrogens (tertiary/aromatic N) is 1. The number of hydrogen-bond donors (Lipinski definition) is 2. The number of ether oxygens (including phenoxy) is 2. The Labute approximate surface area is 158 Å². The SMILES string of the molecule is COc1ccc(/C=C2/SC(=N)NC2=O)cc1OCc1ccccc1[N+](=O)[O-]. The Morgan fingerprint density at radius 3 is 2.70 bits per heavy atom. The number of carbonyl (C=O) groups excluding carboxylic acids is 1. The van der Waals surface area contributed by atoms with Crippen molar-refractivity contribution in [3.63, 3.8) is 0 Å². The van der Waals surface area contributed by atoms with E-state index in [0.29, 0.717) is 27.5 Å². The second kappa shape index (κ2) is 7.92. The number of thioether (sulfide) groups is 1. The zero-order valence-corrected chi connectivity index (χ0v) is 15.0. The lowest BCUT2D eigenvalue weighted by atomic mass is 10.1. The molecular formula is C18H15N3O5S. The summed E-state index contributed by atoms with van der Waals surface area (Å²) in [5.74, 6) is 0.527. The van der Waals surface area contributed by atoms with Gasteiger partial charge in [0.05, 0.1) is 22.5 Å². The van der Waals surface area contributed by atoms with E-state index in [4.69, 9.17) is 14.9 Å². The Morgan fingerprint density at radius 2 is 2.04 bits per heavy atom. The molecule has 2 aromatic rings. The Hall–Kier alpha value is -3.33. The summed E-state index contributed by atoms with van der Waals surface area (Å²) in [5.41, 5.74) is 1.10. The molecule has 9 heteroatoms. The van der Waals surface area contributed by atoms with E-state index in [1.54, 1.807) is 42.5 Å². The van der Waals surface area contributed by atoms with Gasteiger partial charge in [-0.05, 0) is 41.6 Å². The Bertz CT molecular complexity index is 958. The summed E-state index contributed by atoms with van der Waals surface area (Å²) < 4.78 is 11.0. The summed E-state index contributed by atoms with van der Waals surface area (Å²) in [6, 6.07) is 11.5. The summed E-state index contributed by atoms with van der Waals surface area (Å²) >= 11 is 1.04. The van der Waals surface area contributed by atoms with Gasteiger partial charge >= 0.3 is 0 Å². The molecule has 1 amide bonds. The molecule has 0 saturated carbocycles.